The Kier molecular flexibility index (Phi) is 2.76. The molecule has 3 rings (SSSR count). The summed E-state index contributed by atoms with van der Waals surface area (Å²) in [6, 6.07) is 12.6. The van der Waals surface area contributed by atoms with E-state index < -0.39 is 0 Å². The van der Waals surface area contributed by atoms with Crippen LogP contribution in [-0.2, 0) is 13.1 Å². The van der Waals surface area contributed by atoms with Gasteiger partial charge in [0.1, 0.15) is 5.82 Å². The fraction of sp³-hybridized carbons (Fsp3) is 0.267. The zero-order valence-corrected chi connectivity index (χ0v) is 10.5. The number of pyridine rings is 1. The highest BCUT2D eigenvalue weighted by molar-refractivity contribution is 5.52. The number of anilines is 1. The molecular weight excluding hydrogens is 222 g/mol. The summed E-state index contributed by atoms with van der Waals surface area (Å²) in [6.45, 7) is 3.85. The van der Waals surface area contributed by atoms with Crippen LogP contribution in [0.4, 0.5) is 5.82 Å². The van der Waals surface area contributed by atoms with Gasteiger partial charge in [0.2, 0.25) is 0 Å². The fourth-order valence-corrected chi connectivity index (χ4v) is 2.51. The lowest BCUT2D eigenvalue weighted by atomic mass is 10.1. The zero-order chi connectivity index (χ0) is 12.5. The van der Waals surface area contributed by atoms with E-state index in [1.807, 2.05) is 19.2 Å². The number of nitrogens with two attached hydrogens (primary N) is 1. The molecule has 2 N–H and O–H groups in total. The molecule has 92 valence electrons. The molecule has 18 heavy (non-hydrogen) atoms. The van der Waals surface area contributed by atoms with Gasteiger partial charge in [0.05, 0.1) is 0 Å². The highest BCUT2D eigenvalue weighted by Crippen LogP contribution is 2.30. The van der Waals surface area contributed by atoms with Gasteiger partial charge < -0.3 is 10.6 Å². The van der Waals surface area contributed by atoms with Crippen molar-refractivity contribution in [1.82, 2.24) is 4.98 Å². The predicted molar refractivity (Wildman–Crippen MR) is 73.2 cm³/mol. The molecular formula is C15H17N3. The molecule has 2 heterocycles. The van der Waals surface area contributed by atoms with Crippen molar-refractivity contribution in [1.29, 1.82) is 0 Å². The SMILES string of the molecule is CC(N)c1cccnc1N1Cc2ccccc2C1. The minimum absolute atomic E-state index is 0.0115. The first kappa shape index (κ1) is 11.2. The molecule has 0 aliphatic carbocycles. The van der Waals surface area contributed by atoms with E-state index in [1.165, 1.54) is 11.1 Å². The highest BCUT2D eigenvalue weighted by atomic mass is 15.2. The number of benzene rings is 1. The molecule has 0 fully saturated rings. The average molecular weight is 239 g/mol. The molecule has 1 atom stereocenters. The first-order chi connectivity index (χ1) is 8.75. The quantitative estimate of drug-likeness (QED) is 0.876. The topological polar surface area (TPSA) is 42.1 Å². The van der Waals surface area contributed by atoms with Crippen LogP contribution in [0.25, 0.3) is 0 Å². The van der Waals surface area contributed by atoms with Gasteiger partial charge in [-0.25, -0.2) is 4.98 Å². The van der Waals surface area contributed by atoms with Crippen LogP contribution >= 0.6 is 0 Å². The Hall–Kier alpha value is -1.87. The summed E-state index contributed by atoms with van der Waals surface area (Å²) in [6.07, 6.45) is 1.84. The van der Waals surface area contributed by atoms with Crippen LogP contribution in [0.5, 0.6) is 0 Å². The Bertz CT molecular complexity index is 538. The van der Waals surface area contributed by atoms with Gasteiger partial charge in [0.15, 0.2) is 0 Å². The summed E-state index contributed by atoms with van der Waals surface area (Å²) < 4.78 is 0. The Morgan fingerprint density at radius 3 is 2.39 bits per heavy atom. The minimum Gasteiger partial charge on any atom is -0.348 e. The van der Waals surface area contributed by atoms with Crippen LogP contribution in [0, 0.1) is 0 Å². The Morgan fingerprint density at radius 2 is 1.78 bits per heavy atom. The van der Waals surface area contributed by atoms with Crippen LogP contribution in [0.1, 0.15) is 29.7 Å². The van der Waals surface area contributed by atoms with Crippen molar-refractivity contribution < 1.29 is 0 Å². The van der Waals surface area contributed by atoms with Gasteiger partial charge in [-0.1, -0.05) is 30.3 Å². The van der Waals surface area contributed by atoms with Gasteiger partial charge in [-0.3, -0.25) is 0 Å². The second-order valence-electron chi connectivity index (χ2n) is 4.83. The molecule has 1 aromatic heterocycles. The van der Waals surface area contributed by atoms with E-state index in [-0.39, 0.29) is 6.04 Å². The van der Waals surface area contributed by atoms with Gasteiger partial charge in [-0.2, -0.15) is 0 Å². The van der Waals surface area contributed by atoms with Crippen LogP contribution in [0.15, 0.2) is 42.6 Å². The number of rotatable bonds is 2. The van der Waals surface area contributed by atoms with E-state index in [0.717, 1.165) is 24.5 Å². The Labute approximate surface area is 107 Å². The van der Waals surface area contributed by atoms with Crippen molar-refractivity contribution in [2.75, 3.05) is 4.90 Å². The third-order valence-corrected chi connectivity index (χ3v) is 3.45. The standard InChI is InChI=1S/C15H17N3/c1-11(16)14-7-4-8-17-15(14)18-9-12-5-2-3-6-13(12)10-18/h2-8,11H,9-10,16H2,1H3. The first-order valence-electron chi connectivity index (χ1n) is 6.28. The molecule has 0 saturated carbocycles. The third-order valence-electron chi connectivity index (χ3n) is 3.45. The van der Waals surface area contributed by atoms with E-state index >= 15 is 0 Å². The summed E-state index contributed by atoms with van der Waals surface area (Å²) in [7, 11) is 0. The van der Waals surface area contributed by atoms with Gasteiger partial charge in [-0.05, 0) is 24.1 Å². The molecule has 0 amide bonds. The van der Waals surface area contributed by atoms with E-state index in [9.17, 15) is 0 Å². The minimum atomic E-state index is 0.0115. The van der Waals surface area contributed by atoms with Crippen molar-refractivity contribution in [2.24, 2.45) is 5.73 Å². The molecule has 0 radical (unpaired) electrons. The summed E-state index contributed by atoms with van der Waals surface area (Å²) >= 11 is 0. The molecule has 1 aliphatic heterocycles. The lowest BCUT2D eigenvalue weighted by Crippen LogP contribution is -2.20. The summed E-state index contributed by atoms with van der Waals surface area (Å²) in [5.41, 5.74) is 9.91. The van der Waals surface area contributed by atoms with Crippen molar-refractivity contribution in [3.05, 3.63) is 59.3 Å². The lowest BCUT2D eigenvalue weighted by molar-refractivity contribution is 0.776. The van der Waals surface area contributed by atoms with Gasteiger partial charge in [0.25, 0.3) is 0 Å². The smallest absolute Gasteiger partial charge is 0.133 e. The summed E-state index contributed by atoms with van der Waals surface area (Å²) in [5, 5.41) is 0. The van der Waals surface area contributed by atoms with E-state index in [0.29, 0.717) is 0 Å². The number of nitrogens with zero attached hydrogens (tertiary/aromatic N) is 2. The maximum absolute atomic E-state index is 6.02. The largest absolute Gasteiger partial charge is 0.348 e. The molecule has 0 bridgehead atoms. The molecule has 0 spiro atoms. The lowest BCUT2D eigenvalue weighted by Gasteiger charge is -2.21. The van der Waals surface area contributed by atoms with Crippen molar-refractivity contribution in [3.63, 3.8) is 0 Å². The third kappa shape index (κ3) is 1.87. The highest BCUT2D eigenvalue weighted by Gasteiger charge is 2.22. The molecule has 1 aliphatic rings. The van der Waals surface area contributed by atoms with Crippen LogP contribution in [0.2, 0.25) is 0 Å². The summed E-state index contributed by atoms with van der Waals surface area (Å²) in [5.74, 6) is 1.02. The number of fused-ring (bicyclic) bond motifs is 1. The second kappa shape index (κ2) is 4.42. The molecule has 1 aromatic carbocycles. The molecule has 2 aromatic rings. The van der Waals surface area contributed by atoms with Gasteiger partial charge >= 0.3 is 0 Å². The van der Waals surface area contributed by atoms with Crippen LogP contribution < -0.4 is 10.6 Å². The van der Waals surface area contributed by atoms with Crippen LogP contribution in [0.3, 0.4) is 0 Å². The first-order valence-corrected chi connectivity index (χ1v) is 6.28. The Morgan fingerprint density at radius 1 is 1.11 bits per heavy atom. The Balaban J connectivity index is 1.95. The van der Waals surface area contributed by atoms with Gasteiger partial charge in [0, 0.05) is 30.9 Å². The van der Waals surface area contributed by atoms with E-state index in [1.54, 1.807) is 0 Å². The van der Waals surface area contributed by atoms with Crippen molar-refractivity contribution in [2.45, 2.75) is 26.1 Å². The van der Waals surface area contributed by atoms with Gasteiger partial charge in [-0.15, -0.1) is 0 Å². The molecule has 3 nitrogen and oxygen atoms in total. The van der Waals surface area contributed by atoms with E-state index in [2.05, 4.69) is 40.2 Å². The van der Waals surface area contributed by atoms with E-state index in [4.69, 9.17) is 5.73 Å². The zero-order valence-electron chi connectivity index (χ0n) is 10.5. The van der Waals surface area contributed by atoms with Crippen molar-refractivity contribution >= 4 is 5.82 Å². The maximum atomic E-state index is 6.02. The normalized spacial score (nSPS) is 15.6. The number of aromatic nitrogens is 1. The molecule has 0 saturated heterocycles. The molecule has 1 unspecified atom stereocenters. The number of hydrogen-bond donors (Lipinski definition) is 1. The molecule has 3 heteroatoms. The second-order valence-corrected chi connectivity index (χ2v) is 4.83. The fourth-order valence-electron chi connectivity index (χ4n) is 2.51. The monoisotopic (exact) mass is 239 g/mol. The van der Waals surface area contributed by atoms with Crippen molar-refractivity contribution in [3.8, 4) is 0 Å². The maximum Gasteiger partial charge on any atom is 0.133 e. The average Bonchev–Trinajstić information content (AvgIpc) is 2.82. The van der Waals surface area contributed by atoms with Crippen LogP contribution in [-0.4, -0.2) is 4.98 Å². The summed E-state index contributed by atoms with van der Waals surface area (Å²) in [4.78, 5) is 6.81. The predicted octanol–water partition coefficient (Wildman–Crippen LogP) is 2.62. The number of hydrogen-bond acceptors (Lipinski definition) is 3.